The highest BCUT2D eigenvalue weighted by atomic mass is 35.5. The minimum atomic E-state index is -0.0529. The van der Waals surface area contributed by atoms with E-state index < -0.39 is 0 Å². The van der Waals surface area contributed by atoms with Crippen molar-refractivity contribution in [3.05, 3.63) is 0 Å². The van der Waals surface area contributed by atoms with Crippen molar-refractivity contribution in [3.63, 3.8) is 0 Å². The van der Waals surface area contributed by atoms with Gasteiger partial charge in [-0.05, 0) is 31.2 Å². The molecule has 6 heteroatoms. The van der Waals surface area contributed by atoms with Crippen LogP contribution in [-0.4, -0.2) is 38.0 Å². The molecule has 2 heterocycles. The topological polar surface area (TPSA) is 70.2 Å². The van der Waals surface area contributed by atoms with Gasteiger partial charge in [-0.2, -0.15) is 0 Å². The number of carbonyl (C=O) groups excluding carboxylic acids is 2. The van der Waals surface area contributed by atoms with Crippen molar-refractivity contribution in [1.29, 1.82) is 0 Å². The molecule has 0 saturated carbocycles. The van der Waals surface area contributed by atoms with Crippen molar-refractivity contribution in [1.82, 2.24) is 16.0 Å². The lowest BCUT2D eigenvalue weighted by atomic mass is 9.82. The van der Waals surface area contributed by atoms with E-state index in [1.807, 2.05) is 0 Å². The summed E-state index contributed by atoms with van der Waals surface area (Å²) in [4.78, 5) is 23.0. The summed E-state index contributed by atoms with van der Waals surface area (Å²) in [5, 5.41) is 9.17. The van der Waals surface area contributed by atoms with Crippen molar-refractivity contribution in [2.24, 2.45) is 11.3 Å². The molecule has 2 amide bonds. The van der Waals surface area contributed by atoms with E-state index in [1.54, 1.807) is 0 Å². The quantitative estimate of drug-likeness (QED) is 0.706. The largest absolute Gasteiger partial charge is 0.355 e. The fourth-order valence-corrected chi connectivity index (χ4v) is 2.67. The Balaban J connectivity index is 0.00000180. The lowest BCUT2D eigenvalue weighted by Crippen LogP contribution is -2.49. The molecule has 0 aromatic rings. The van der Waals surface area contributed by atoms with Gasteiger partial charge in [-0.15, -0.1) is 12.4 Å². The molecule has 0 aromatic heterocycles. The minimum absolute atomic E-state index is 0. The summed E-state index contributed by atoms with van der Waals surface area (Å²) in [5.74, 6) is 0.0899. The van der Waals surface area contributed by atoms with E-state index >= 15 is 0 Å². The van der Waals surface area contributed by atoms with Gasteiger partial charge in [0.15, 0.2) is 0 Å². The van der Waals surface area contributed by atoms with Crippen LogP contribution in [0.1, 0.15) is 32.6 Å². The Morgan fingerprint density at radius 2 is 2.32 bits per heavy atom. The van der Waals surface area contributed by atoms with Gasteiger partial charge in [-0.1, -0.05) is 6.92 Å². The first-order valence-electron chi connectivity index (χ1n) is 6.84. The Labute approximate surface area is 120 Å². The maximum absolute atomic E-state index is 12.0. The van der Waals surface area contributed by atoms with Gasteiger partial charge >= 0.3 is 0 Å². The summed E-state index contributed by atoms with van der Waals surface area (Å²) >= 11 is 0. The predicted molar refractivity (Wildman–Crippen MR) is 76.2 cm³/mol. The highest BCUT2D eigenvalue weighted by Crippen LogP contribution is 2.24. The molecular formula is C13H24ClN3O2. The summed E-state index contributed by atoms with van der Waals surface area (Å²) < 4.78 is 0. The zero-order chi connectivity index (χ0) is 13.0. The third-order valence-corrected chi connectivity index (χ3v) is 4.01. The second-order valence-corrected chi connectivity index (χ2v) is 5.85. The van der Waals surface area contributed by atoms with Crippen LogP contribution in [0.2, 0.25) is 0 Å². The van der Waals surface area contributed by atoms with E-state index in [1.165, 1.54) is 6.42 Å². The van der Waals surface area contributed by atoms with Crippen molar-refractivity contribution >= 4 is 24.2 Å². The van der Waals surface area contributed by atoms with Gasteiger partial charge in [0.2, 0.25) is 11.8 Å². The van der Waals surface area contributed by atoms with Crippen LogP contribution in [0.15, 0.2) is 0 Å². The number of halogens is 1. The number of amides is 2. The fraction of sp³-hybridized carbons (Fsp3) is 0.846. The normalized spacial score (nSPS) is 31.0. The van der Waals surface area contributed by atoms with Gasteiger partial charge in [-0.25, -0.2) is 0 Å². The summed E-state index contributed by atoms with van der Waals surface area (Å²) in [6, 6.07) is 0. The first-order chi connectivity index (χ1) is 8.59. The van der Waals surface area contributed by atoms with Crippen LogP contribution in [0.5, 0.6) is 0 Å². The smallest absolute Gasteiger partial charge is 0.224 e. The lowest BCUT2D eigenvalue weighted by molar-refractivity contribution is -0.129. The van der Waals surface area contributed by atoms with E-state index in [0.717, 1.165) is 26.1 Å². The Morgan fingerprint density at radius 1 is 1.53 bits per heavy atom. The molecule has 2 atom stereocenters. The molecule has 2 aliphatic rings. The third-order valence-electron chi connectivity index (χ3n) is 4.01. The van der Waals surface area contributed by atoms with Gasteiger partial charge < -0.3 is 16.0 Å². The molecule has 110 valence electrons. The number of hydrogen-bond donors (Lipinski definition) is 3. The predicted octanol–water partition coefficient (Wildman–Crippen LogP) is 0.440. The van der Waals surface area contributed by atoms with Crippen LogP contribution in [-0.2, 0) is 9.59 Å². The Morgan fingerprint density at radius 3 is 2.89 bits per heavy atom. The molecule has 2 fully saturated rings. The molecule has 2 saturated heterocycles. The molecule has 19 heavy (non-hydrogen) atoms. The maximum atomic E-state index is 12.0. The van der Waals surface area contributed by atoms with Crippen molar-refractivity contribution in [2.45, 2.75) is 32.6 Å². The third kappa shape index (κ3) is 4.66. The molecule has 2 aliphatic heterocycles. The van der Waals surface area contributed by atoms with Crippen LogP contribution in [0.25, 0.3) is 0 Å². The monoisotopic (exact) mass is 289 g/mol. The first-order valence-corrected chi connectivity index (χ1v) is 6.84. The Hall–Kier alpha value is -0.810. The summed E-state index contributed by atoms with van der Waals surface area (Å²) in [6.45, 7) is 5.47. The van der Waals surface area contributed by atoms with Gasteiger partial charge in [0, 0.05) is 26.1 Å². The summed E-state index contributed by atoms with van der Waals surface area (Å²) in [7, 11) is 0. The SMILES string of the molecule is CC1(CNC(=O)C2CCC(=O)NC2)CCCNC1.Cl. The van der Waals surface area contributed by atoms with Gasteiger partial charge in [0.1, 0.15) is 0 Å². The molecule has 0 aromatic carbocycles. The molecule has 3 N–H and O–H groups in total. The average Bonchev–Trinajstić information content (AvgIpc) is 2.38. The van der Waals surface area contributed by atoms with Crippen molar-refractivity contribution < 1.29 is 9.59 Å². The van der Waals surface area contributed by atoms with Gasteiger partial charge in [0.25, 0.3) is 0 Å². The maximum Gasteiger partial charge on any atom is 0.224 e. The number of rotatable bonds is 3. The molecule has 0 bridgehead atoms. The zero-order valence-corrected chi connectivity index (χ0v) is 12.3. The highest BCUT2D eigenvalue weighted by Gasteiger charge is 2.29. The van der Waals surface area contributed by atoms with E-state index in [2.05, 4.69) is 22.9 Å². The number of nitrogens with one attached hydrogen (secondary N) is 3. The molecule has 2 rings (SSSR count). The van der Waals surface area contributed by atoms with E-state index in [4.69, 9.17) is 0 Å². The van der Waals surface area contributed by atoms with Crippen LogP contribution >= 0.6 is 12.4 Å². The molecule has 0 radical (unpaired) electrons. The molecule has 0 aliphatic carbocycles. The lowest BCUT2D eigenvalue weighted by Gasteiger charge is -2.35. The number of hydrogen-bond acceptors (Lipinski definition) is 3. The highest BCUT2D eigenvalue weighted by molar-refractivity contribution is 5.85. The summed E-state index contributed by atoms with van der Waals surface area (Å²) in [5.41, 5.74) is 0.172. The minimum Gasteiger partial charge on any atom is -0.355 e. The molecule has 5 nitrogen and oxygen atoms in total. The summed E-state index contributed by atoms with van der Waals surface area (Å²) in [6.07, 6.45) is 3.47. The second kappa shape index (κ2) is 7.10. The van der Waals surface area contributed by atoms with Gasteiger partial charge in [-0.3, -0.25) is 9.59 Å². The first kappa shape index (κ1) is 16.2. The number of piperidine rings is 2. The molecular weight excluding hydrogens is 266 g/mol. The van der Waals surface area contributed by atoms with Crippen molar-refractivity contribution in [3.8, 4) is 0 Å². The van der Waals surface area contributed by atoms with E-state index in [0.29, 0.717) is 19.4 Å². The van der Waals surface area contributed by atoms with Crippen LogP contribution < -0.4 is 16.0 Å². The second-order valence-electron chi connectivity index (χ2n) is 5.85. The molecule has 0 spiro atoms. The Bertz CT molecular complexity index is 320. The van der Waals surface area contributed by atoms with Crippen LogP contribution in [0.3, 0.4) is 0 Å². The van der Waals surface area contributed by atoms with Crippen LogP contribution in [0, 0.1) is 11.3 Å². The van der Waals surface area contributed by atoms with E-state index in [-0.39, 0.29) is 35.6 Å². The van der Waals surface area contributed by atoms with E-state index in [9.17, 15) is 9.59 Å². The van der Waals surface area contributed by atoms with Crippen molar-refractivity contribution in [2.75, 3.05) is 26.2 Å². The zero-order valence-electron chi connectivity index (χ0n) is 11.5. The fourth-order valence-electron chi connectivity index (χ4n) is 2.67. The molecule has 2 unspecified atom stereocenters. The standard InChI is InChI=1S/C13H23N3O2.ClH/c1-13(5-2-6-14-8-13)9-16-12(18)10-3-4-11(17)15-7-10;/h10,14H,2-9H2,1H3,(H,15,17)(H,16,18);1H. The Kier molecular flexibility index (Phi) is 6.07. The average molecular weight is 290 g/mol. The van der Waals surface area contributed by atoms with Gasteiger partial charge in [0.05, 0.1) is 5.92 Å². The number of carbonyl (C=O) groups is 2. The van der Waals surface area contributed by atoms with Crippen LogP contribution in [0.4, 0.5) is 0 Å².